The summed E-state index contributed by atoms with van der Waals surface area (Å²) in [7, 11) is 0. The van der Waals surface area contributed by atoms with E-state index in [1.807, 2.05) is 0 Å². The SMILES string of the molecule is Cc1cccc(C(=O)OCC2CCCCC2)c1F. The minimum absolute atomic E-state index is 0.0470. The van der Waals surface area contributed by atoms with Gasteiger partial charge in [-0.15, -0.1) is 0 Å². The Balaban J connectivity index is 1.93. The molecule has 1 saturated carbocycles. The summed E-state index contributed by atoms with van der Waals surface area (Å²) in [4.78, 5) is 11.8. The van der Waals surface area contributed by atoms with Gasteiger partial charge in [0.05, 0.1) is 12.2 Å². The van der Waals surface area contributed by atoms with Crippen molar-refractivity contribution in [3.05, 3.63) is 35.1 Å². The highest BCUT2D eigenvalue weighted by atomic mass is 19.1. The van der Waals surface area contributed by atoms with Crippen molar-refractivity contribution in [2.75, 3.05) is 6.61 Å². The van der Waals surface area contributed by atoms with E-state index in [1.165, 1.54) is 25.3 Å². The molecular weight excluding hydrogens is 231 g/mol. The maximum atomic E-state index is 13.7. The lowest BCUT2D eigenvalue weighted by molar-refractivity contribution is 0.0405. The molecule has 0 spiro atoms. The molecule has 1 aliphatic rings. The minimum Gasteiger partial charge on any atom is -0.462 e. The molecule has 3 heteroatoms. The lowest BCUT2D eigenvalue weighted by atomic mass is 9.90. The molecule has 0 amide bonds. The van der Waals surface area contributed by atoms with E-state index in [2.05, 4.69) is 0 Å². The molecule has 0 N–H and O–H groups in total. The van der Waals surface area contributed by atoms with Crippen molar-refractivity contribution in [1.82, 2.24) is 0 Å². The lowest BCUT2D eigenvalue weighted by Gasteiger charge is -2.21. The molecule has 1 aromatic carbocycles. The highest BCUT2D eigenvalue weighted by Crippen LogP contribution is 2.24. The highest BCUT2D eigenvalue weighted by Gasteiger charge is 2.18. The van der Waals surface area contributed by atoms with Crippen LogP contribution in [0.4, 0.5) is 4.39 Å². The van der Waals surface area contributed by atoms with Crippen LogP contribution in [0.25, 0.3) is 0 Å². The smallest absolute Gasteiger partial charge is 0.341 e. The summed E-state index contributed by atoms with van der Waals surface area (Å²) < 4.78 is 18.9. The molecule has 0 heterocycles. The second kappa shape index (κ2) is 5.98. The summed E-state index contributed by atoms with van der Waals surface area (Å²) in [6.45, 7) is 2.07. The highest BCUT2D eigenvalue weighted by molar-refractivity contribution is 5.89. The Hall–Kier alpha value is -1.38. The summed E-state index contributed by atoms with van der Waals surface area (Å²) in [5.74, 6) is -0.552. The molecule has 2 nitrogen and oxygen atoms in total. The van der Waals surface area contributed by atoms with Crippen molar-refractivity contribution < 1.29 is 13.9 Å². The van der Waals surface area contributed by atoms with Gasteiger partial charge in [0.2, 0.25) is 0 Å². The zero-order valence-electron chi connectivity index (χ0n) is 10.7. The Morgan fingerprint density at radius 2 is 2.06 bits per heavy atom. The van der Waals surface area contributed by atoms with Crippen molar-refractivity contribution in [3.8, 4) is 0 Å². The summed E-state index contributed by atoms with van der Waals surface area (Å²) >= 11 is 0. The zero-order valence-corrected chi connectivity index (χ0v) is 10.7. The van der Waals surface area contributed by atoms with Gasteiger partial charge in [-0.05, 0) is 37.3 Å². The molecule has 1 aromatic rings. The normalized spacial score (nSPS) is 16.6. The van der Waals surface area contributed by atoms with Crippen molar-refractivity contribution in [1.29, 1.82) is 0 Å². The van der Waals surface area contributed by atoms with Crippen LogP contribution in [0, 0.1) is 18.7 Å². The standard InChI is InChI=1S/C15H19FO2/c1-11-6-5-9-13(14(11)16)15(17)18-10-12-7-3-2-4-8-12/h5-6,9,12H,2-4,7-8,10H2,1H3. The summed E-state index contributed by atoms with van der Waals surface area (Å²) in [5.41, 5.74) is 0.521. The van der Waals surface area contributed by atoms with Crippen LogP contribution in [0.2, 0.25) is 0 Å². The first-order valence-electron chi connectivity index (χ1n) is 6.60. The molecule has 0 atom stereocenters. The van der Waals surface area contributed by atoms with Gasteiger partial charge in [0, 0.05) is 0 Å². The van der Waals surface area contributed by atoms with Crippen LogP contribution < -0.4 is 0 Å². The molecule has 98 valence electrons. The Bertz CT molecular complexity index is 423. The van der Waals surface area contributed by atoms with Crippen molar-refractivity contribution in [2.45, 2.75) is 39.0 Å². The molecule has 0 bridgehead atoms. The van der Waals surface area contributed by atoms with E-state index < -0.39 is 11.8 Å². The van der Waals surface area contributed by atoms with Crippen molar-refractivity contribution in [3.63, 3.8) is 0 Å². The number of hydrogen-bond donors (Lipinski definition) is 0. The van der Waals surface area contributed by atoms with Crippen LogP contribution in [0.3, 0.4) is 0 Å². The van der Waals surface area contributed by atoms with E-state index in [1.54, 1.807) is 19.1 Å². The molecule has 0 radical (unpaired) electrons. The fourth-order valence-corrected chi connectivity index (χ4v) is 2.43. The second-order valence-corrected chi connectivity index (χ2v) is 5.04. The number of rotatable bonds is 3. The van der Waals surface area contributed by atoms with Crippen LogP contribution in [-0.4, -0.2) is 12.6 Å². The van der Waals surface area contributed by atoms with Crippen molar-refractivity contribution in [2.24, 2.45) is 5.92 Å². The Kier molecular flexibility index (Phi) is 4.34. The first kappa shape index (κ1) is 13.1. The fraction of sp³-hybridized carbons (Fsp3) is 0.533. The van der Waals surface area contributed by atoms with E-state index in [-0.39, 0.29) is 5.56 Å². The number of halogens is 1. The Morgan fingerprint density at radius 3 is 2.78 bits per heavy atom. The van der Waals surface area contributed by atoms with Gasteiger partial charge in [-0.3, -0.25) is 0 Å². The van der Waals surface area contributed by atoms with E-state index >= 15 is 0 Å². The van der Waals surface area contributed by atoms with E-state index in [9.17, 15) is 9.18 Å². The number of carbonyl (C=O) groups is 1. The van der Waals surface area contributed by atoms with Crippen molar-refractivity contribution >= 4 is 5.97 Å². The number of hydrogen-bond acceptors (Lipinski definition) is 2. The second-order valence-electron chi connectivity index (χ2n) is 5.04. The van der Waals surface area contributed by atoms with Gasteiger partial charge in [-0.25, -0.2) is 9.18 Å². The van der Waals surface area contributed by atoms with Gasteiger partial charge in [-0.1, -0.05) is 31.4 Å². The number of esters is 1. The molecule has 1 aliphatic carbocycles. The van der Waals surface area contributed by atoms with Gasteiger partial charge in [0.15, 0.2) is 0 Å². The van der Waals surface area contributed by atoms with Crippen LogP contribution in [0.5, 0.6) is 0 Å². The molecule has 0 saturated heterocycles. The number of ether oxygens (including phenoxy) is 1. The first-order chi connectivity index (χ1) is 8.68. The molecule has 1 fully saturated rings. The molecule has 2 rings (SSSR count). The predicted octanol–water partition coefficient (Wildman–Crippen LogP) is 3.87. The average Bonchev–Trinajstić information content (AvgIpc) is 2.40. The molecule has 0 aliphatic heterocycles. The summed E-state index contributed by atoms with van der Waals surface area (Å²) in [6.07, 6.45) is 5.92. The summed E-state index contributed by atoms with van der Waals surface area (Å²) in [5, 5.41) is 0. The molecule has 0 aromatic heterocycles. The van der Waals surface area contributed by atoms with Gasteiger partial charge in [0.1, 0.15) is 5.82 Å². The van der Waals surface area contributed by atoms with Gasteiger partial charge < -0.3 is 4.74 Å². The average molecular weight is 250 g/mol. The van der Waals surface area contributed by atoms with Gasteiger partial charge in [0.25, 0.3) is 0 Å². The largest absolute Gasteiger partial charge is 0.462 e. The van der Waals surface area contributed by atoms with E-state index in [4.69, 9.17) is 4.74 Å². The number of aryl methyl sites for hydroxylation is 1. The molecular formula is C15H19FO2. The third-order valence-electron chi connectivity index (χ3n) is 3.59. The molecule has 18 heavy (non-hydrogen) atoms. The zero-order chi connectivity index (χ0) is 13.0. The maximum Gasteiger partial charge on any atom is 0.341 e. The quantitative estimate of drug-likeness (QED) is 0.761. The van der Waals surface area contributed by atoms with E-state index in [0.29, 0.717) is 18.1 Å². The summed E-state index contributed by atoms with van der Waals surface area (Å²) in [6, 6.07) is 4.80. The predicted molar refractivity (Wildman–Crippen MR) is 68.0 cm³/mol. The van der Waals surface area contributed by atoms with Crippen LogP contribution in [0.1, 0.15) is 48.0 Å². The van der Waals surface area contributed by atoms with E-state index in [0.717, 1.165) is 12.8 Å². The number of benzene rings is 1. The third kappa shape index (κ3) is 3.09. The minimum atomic E-state index is -0.540. The fourth-order valence-electron chi connectivity index (χ4n) is 2.43. The Morgan fingerprint density at radius 1 is 1.33 bits per heavy atom. The van der Waals surface area contributed by atoms with Crippen LogP contribution in [0.15, 0.2) is 18.2 Å². The maximum absolute atomic E-state index is 13.7. The van der Waals surface area contributed by atoms with Gasteiger partial charge >= 0.3 is 5.97 Å². The first-order valence-corrected chi connectivity index (χ1v) is 6.60. The third-order valence-corrected chi connectivity index (χ3v) is 3.59. The Labute approximate surface area is 107 Å². The lowest BCUT2D eigenvalue weighted by Crippen LogP contribution is -2.17. The van der Waals surface area contributed by atoms with Crippen LogP contribution >= 0.6 is 0 Å². The van der Waals surface area contributed by atoms with Crippen LogP contribution in [-0.2, 0) is 4.74 Å². The van der Waals surface area contributed by atoms with Gasteiger partial charge in [-0.2, -0.15) is 0 Å². The number of carbonyl (C=O) groups excluding carboxylic acids is 1. The monoisotopic (exact) mass is 250 g/mol. The topological polar surface area (TPSA) is 26.3 Å². The molecule has 0 unspecified atom stereocenters.